The van der Waals surface area contributed by atoms with E-state index in [9.17, 15) is 14.4 Å². The molecule has 1 unspecified atom stereocenters. The maximum absolute atomic E-state index is 11.6. The first-order chi connectivity index (χ1) is 7.61. The largest absolute Gasteiger partial charge is 0.354 e. The smallest absolute Gasteiger partial charge is 0.242 e. The van der Waals surface area contributed by atoms with E-state index in [1.54, 1.807) is 6.08 Å². The zero-order valence-corrected chi connectivity index (χ0v) is 9.49. The van der Waals surface area contributed by atoms with Crippen molar-refractivity contribution in [1.29, 1.82) is 0 Å². The Labute approximate surface area is 95.3 Å². The number of hydrogen-bond donors (Lipinski definition) is 2. The van der Waals surface area contributed by atoms with Crippen molar-refractivity contribution < 1.29 is 14.4 Å². The first-order valence-corrected chi connectivity index (χ1v) is 5.21. The van der Waals surface area contributed by atoms with Gasteiger partial charge in [0.25, 0.3) is 0 Å². The normalized spacial score (nSPS) is 11.3. The summed E-state index contributed by atoms with van der Waals surface area (Å²) in [7, 11) is 0. The minimum absolute atomic E-state index is 0.249. The van der Waals surface area contributed by atoms with Crippen molar-refractivity contribution >= 4 is 18.1 Å². The van der Waals surface area contributed by atoms with E-state index in [1.807, 2.05) is 0 Å². The summed E-state index contributed by atoms with van der Waals surface area (Å²) < 4.78 is 0. The third-order valence-corrected chi connectivity index (χ3v) is 1.89. The highest BCUT2D eigenvalue weighted by Gasteiger charge is 2.16. The Morgan fingerprint density at radius 3 is 2.62 bits per heavy atom. The Balaban J connectivity index is 4.00. The lowest BCUT2D eigenvalue weighted by atomic mass is 10.2. The molecule has 0 fully saturated rings. The molecule has 0 rings (SSSR count). The third kappa shape index (κ3) is 6.75. The summed E-state index contributed by atoms with van der Waals surface area (Å²) in [6, 6.07) is -0.578. The van der Waals surface area contributed by atoms with Crippen molar-refractivity contribution in [2.24, 2.45) is 0 Å². The third-order valence-electron chi connectivity index (χ3n) is 1.89. The van der Waals surface area contributed by atoms with Crippen molar-refractivity contribution in [2.75, 3.05) is 6.54 Å². The molecule has 0 aliphatic carbocycles. The maximum Gasteiger partial charge on any atom is 0.242 e. The van der Waals surface area contributed by atoms with Crippen LogP contribution in [0.25, 0.3) is 0 Å². The van der Waals surface area contributed by atoms with Crippen LogP contribution in [0.3, 0.4) is 0 Å². The molecule has 1 atom stereocenters. The number of amides is 2. The predicted molar refractivity (Wildman–Crippen MR) is 60.7 cm³/mol. The van der Waals surface area contributed by atoms with Gasteiger partial charge < -0.3 is 15.4 Å². The lowest BCUT2D eigenvalue weighted by molar-refractivity contribution is -0.128. The van der Waals surface area contributed by atoms with Crippen molar-refractivity contribution in [3.8, 4) is 0 Å². The average molecular weight is 226 g/mol. The average Bonchev–Trinajstić information content (AvgIpc) is 2.23. The molecule has 0 aromatic carbocycles. The van der Waals surface area contributed by atoms with Crippen LogP contribution in [-0.4, -0.2) is 30.7 Å². The summed E-state index contributed by atoms with van der Waals surface area (Å²) in [6.07, 6.45) is 3.80. The lowest BCUT2D eigenvalue weighted by Gasteiger charge is -2.15. The molecule has 0 aromatic heterocycles. The number of rotatable bonds is 8. The number of nitrogens with one attached hydrogen (secondary N) is 2. The van der Waals surface area contributed by atoms with Crippen LogP contribution in [0.4, 0.5) is 0 Å². The molecular formula is C11H18N2O3. The van der Waals surface area contributed by atoms with E-state index >= 15 is 0 Å². The van der Waals surface area contributed by atoms with E-state index in [1.165, 1.54) is 6.92 Å². The lowest BCUT2D eigenvalue weighted by Crippen LogP contribution is -2.46. The van der Waals surface area contributed by atoms with Crippen LogP contribution < -0.4 is 10.6 Å². The summed E-state index contributed by atoms with van der Waals surface area (Å²) in [5.41, 5.74) is 0. The zero-order chi connectivity index (χ0) is 12.4. The Morgan fingerprint density at radius 1 is 1.44 bits per heavy atom. The van der Waals surface area contributed by atoms with Gasteiger partial charge in [-0.1, -0.05) is 6.08 Å². The molecule has 0 radical (unpaired) electrons. The minimum Gasteiger partial charge on any atom is -0.354 e. The van der Waals surface area contributed by atoms with Gasteiger partial charge in [0, 0.05) is 19.9 Å². The molecule has 0 spiro atoms. The van der Waals surface area contributed by atoms with Crippen LogP contribution in [0.15, 0.2) is 12.7 Å². The summed E-state index contributed by atoms with van der Waals surface area (Å²) in [5.74, 6) is -0.504. The van der Waals surface area contributed by atoms with Crippen molar-refractivity contribution in [3.63, 3.8) is 0 Å². The molecule has 2 N–H and O–H groups in total. The van der Waals surface area contributed by atoms with Crippen molar-refractivity contribution in [2.45, 2.75) is 32.2 Å². The number of carbonyl (C=O) groups excluding carboxylic acids is 3. The quantitative estimate of drug-likeness (QED) is 0.352. The number of unbranched alkanes of at least 4 members (excludes halogenated alkanes) is 1. The van der Waals surface area contributed by atoms with Crippen molar-refractivity contribution in [1.82, 2.24) is 10.6 Å². The van der Waals surface area contributed by atoms with Gasteiger partial charge in [0.05, 0.1) is 0 Å². The molecule has 0 heterocycles. The molecule has 16 heavy (non-hydrogen) atoms. The molecular weight excluding hydrogens is 208 g/mol. The highest BCUT2D eigenvalue weighted by molar-refractivity contribution is 5.86. The van der Waals surface area contributed by atoms with E-state index in [0.717, 1.165) is 6.29 Å². The molecule has 0 bridgehead atoms. The molecule has 0 aliphatic heterocycles. The fourth-order valence-electron chi connectivity index (χ4n) is 1.16. The Hall–Kier alpha value is -1.65. The fourth-order valence-corrected chi connectivity index (χ4v) is 1.16. The second kappa shape index (κ2) is 8.64. The Kier molecular flexibility index (Phi) is 7.75. The van der Waals surface area contributed by atoms with Crippen LogP contribution in [0.2, 0.25) is 0 Å². The molecule has 0 aliphatic rings. The monoisotopic (exact) mass is 226 g/mol. The second-order valence-electron chi connectivity index (χ2n) is 3.38. The molecule has 0 saturated carbocycles. The maximum atomic E-state index is 11.6. The SMILES string of the molecule is C=CCC(NC(C)=O)C(=O)NCCCC=O. The van der Waals surface area contributed by atoms with Gasteiger partial charge in [-0.3, -0.25) is 9.59 Å². The number of carbonyl (C=O) groups is 3. The van der Waals surface area contributed by atoms with Gasteiger partial charge in [0.2, 0.25) is 11.8 Å². The van der Waals surface area contributed by atoms with Gasteiger partial charge in [-0.25, -0.2) is 0 Å². The second-order valence-corrected chi connectivity index (χ2v) is 3.38. The molecule has 5 nitrogen and oxygen atoms in total. The van der Waals surface area contributed by atoms with Crippen LogP contribution in [0, 0.1) is 0 Å². The standard InChI is InChI=1S/C11H18N2O3/c1-3-6-10(13-9(2)15)11(16)12-7-4-5-8-14/h3,8,10H,1,4-7H2,2H3,(H,12,16)(H,13,15). The summed E-state index contributed by atoms with van der Waals surface area (Å²) in [4.78, 5) is 32.5. The highest BCUT2D eigenvalue weighted by atomic mass is 16.2. The van der Waals surface area contributed by atoms with Crippen molar-refractivity contribution in [3.05, 3.63) is 12.7 Å². The number of hydrogen-bond acceptors (Lipinski definition) is 3. The predicted octanol–water partition coefficient (Wildman–Crippen LogP) is 0.162. The van der Waals surface area contributed by atoms with Gasteiger partial charge >= 0.3 is 0 Å². The molecule has 5 heteroatoms. The van der Waals surface area contributed by atoms with E-state index in [2.05, 4.69) is 17.2 Å². The van der Waals surface area contributed by atoms with Gasteiger partial charge in [-0.05, 0) is 12.8 Å². The summed E-state index contributed by atoms with van der Waals surface area (Å²) >= 11 is 0. The first-order valence-electron chi connectivity index (χ1n) is 5.21. The Bertz CT molecular complexity index is 264. The molecule has 90 valence electrons. The molecule has 0 saturated heterocycles. The van der Waals surface area contributed by atoms with Crippen LogP contribution in [-0.2, 0) is 14.4 Å². The zero-order valence-electron chi connectivity index (χ0n) is 9.49. The van der Waals surface area contributed by atoms with E-state index in [-0.39, 0.29) is 11.8 Å². The van der Waals surface area contributed by atoms with Gasteiger partial charge in [0.15, 0.2) is 0 Å². The summed E-state index contributed by atoms with van der Waals surface area (Å²) in [5, 5.41) is 5.18. The first kappa shape index (κ1) is 14.3. The number of aldehydes is 1. The van der Waals surface area contributed by atoms with Crippen LogP contribution >= 0.6 is 0 Å². The highest BCUT2D eigenvalue weighted by Crippen LogP contribution is 1.94. The topological polar surface area (TPSA) is 75.3 Å². The van der Waals surface area contributed by atoms with Gasteiger partial charge in [-0.15, -0.1) is 6.58 Å². The van der Waals surface area contributed by atoms with E-state index < -0.39 is 6.04 Å². The van der Waals surface area contributed by atoms with Gasteiger partial charge in [0.1, 0.15) is 12.3 Å². The Morgan fingerprint density at radius 2 is 2.12 bits per heavy atom. The van der Waals surface area contributed by atoms with Gasteiger partial charge in [-0.2, -0.15) is 0 Å². The van der Waals surface area contributed by atoms with Crippen LogP contribution in [0.5, 0.6) is 0 Å². The molecule has 0 aromatic rings. The van der Waals surface area contributed by atoms with Crippen LogP contribution in [0.1, 0.15) is 26.2 Å². The van der Waals surface area contributed by atoms with E-state index in [0.29, 0.717) is 25.8 Å². The molecule has 2 amide bonds. The summed E-state index contributed by atoms with van der Waals surface area (Å²) in [6.45, 7) is 5.31. The minimum atomic E-state index is -0.578. The fraction of sp³-hybridized carbons (Fsp3) is 0.545. The van der Waals surface area contributed by atoms with E-state index in [4.69, 9.17) is 0 Å².